The zero-order chi connectivity index (χ0) is 12.3. The van der Waals surface area contributed by atoms with Gasteiger partial charge in [0.15, 0.2) is 0 Å². The maximum atomic E-state index is 6.14. The number of aryl methyl sites for hydroxylation is 2. The van der Waals surface area contributed by atoms with Crippen LogP contribution in [-0.2, 0) is 13.5 Å². The number of rotatable bonds is 5. The van der Waals surface area contributed by atoms with Crippen LogP contribution in [0.1, 0.15) is 39.3 Å². The molecule has 0 saturated heterocycles. The quantitative estimate of drug-likeness (QED) is 0.834. The van der Waals surface area contributed by atoms with Gasteiger partial charge in [0.1, 0.15) is 5.82 Å². The van der Waals surface area contributed by atoms with Crippen LogP contribution in [0.3, 0.4) is 0 Å². The number of aromatic nitrogens is 2. The fourth-order valence-electron chi connectivity index (χ4n) is 2.27. The molecule has 0 radical (unpaired) electrons. The SMILES string of the molecule is CCc1nn(C)c(N(C)C(CC)CC)c1N. The monoisotopic (exact) mass is 224 g/mol. The first-order chi connectivity index (χ1) is 7.56. The number of nitrogen functional groups attached to an aromatic ring is 1. The first-order valence-electron chi connectivity index (χ1n) is 6.10. The van der Waals surface area contributed by atoms with Crippen LogP contribution >= 0.6 is 0 Å². The van der Waals surface area contributed by atoms with Crippen LogP contribution in [-0.4, -0.2) is 22.9 Å². The topological polar surface area (TPSA) is 47.1 Å². The molecule has 92 valence electrons. The Bertz CT molecular complexity index is 339. The molecule has 0 spiro atoms. The molecule has 4 nitrogen and oxygen atoms in total. The molecule has 0 bridgehead atoms. The number of anilines is 2. The van der Waals surface area contributed by atoms with Crippen molar-refractivity contribution in [3.05, 3.63) is 5.69 Å². The lowest BCUT2D eigenvalue weighted by molar-refractivity contribution is 0.573. The van der Waals surface area contributed by atoms with E-state index in [4.69, 9.17) is 5.73 Å². The van der Waals surface area contributed by atoms with E-state index in [1.807, 2.05) is 11.7 Å². The fraction of sp³-hybridized carbons (Fsp3) is 0.750. The molecule has 0 aliphatic rings. The summed E-state index contributed by atoms with van der Waals surface area (Å²) in [5, 5.41) is 4.45. The second-order valence-corrected chi connectivity index (χ2v) is 4.24. The number of hydrogen-bond acceptors (Lipinski definition) is 3. The van der Waals surface area contributed by atoms with Crippen molar-refractivity contribution in [1.29, 1.82) is 0 Å². The van der Waals surface area contributed by atoms with Crippen molar-refractivity contribution >= 4 is 11.5 Å². The lowest BCUT2D eigenvalue weighted by Crippen LogP contribution is -2.32. The first kappa shape index (κ1) is 12.9. The molecule has 0 unspecified atom stereocenters. The van der Waals surface area contributed by atoms with E-state index in [0.717, 1.165) is 36.5 Å². The van der Waals surface area contributed by atoms with Crippen molar-refractivity contribution in [2.24, 2.45) is 7.05 Å². The van der Waals surface area contributed by atoms with Gasteiger partial charge in [-0.15, -0.1) is 0 Å². The second kappa shape index (κ2) is 5.23. The molecule has 16 heavy (non-hydrogen) atoms. The molecular weight excluding hydrogens is 200 g/mol. The lowest BCUT2D eigenvalue weighted by Gasteiger charge is -2.28. The normalized spacial score (nSPS) is 11.1. The summed E-state index contributed by atoms with van der Waals surface area (Å²) in [5.74, 6) is 1.05. The van der Waals surface area contributed by atoms with Gasteiger partial charge in [-0.3, -0.25) is 4.68 Å². The highest BCUT2D eigenvalue weighted by Crippen LogP contribution is 2.28. The van der Waals surface area contributed by atoms with E-state index in [0.29, 0.717) is 6.04 Å². The van der Waals surface area contributed by atoms with Crippen molar-refractivity contribution in [1.82, 2.24) is 9.78 Å². The highest BCUT2D eigenvalue weighted by Gasteiger charge is 2.19. The van der Waals surface area contributed by atoms with Crippen LogP contribution in [0.25, 0.3) is 0 Å². The minimum atomic E-state index is 0.530. The van der Waals surface area contributed by atoms with Gasteiger partial charge in [-0.2, -0.15) is 5.10 Å². The zero-order valence-corrected chi connectivity index (χ0v) is 11.1. The summed E-state index contributed by atoms with van der Waals surface area (Å²) in [6.07, 6.45) is 3.13. The Morgan fingerprint density at radius 1 is 1.31 bits per heavy atom. The molecule has 0 aliphatic carbocycles. The van der Waals surface area contributed by atoms with Crippen molar-refractivity contribution in [2.45, 2.75) is 46.1 Å². The first-order valence-corrected chi connectivity index (χ1v) is 6.10. The predicted molar refractivity (Wildman–Crippen MR) is 69.8 cm³/mol. The van der Waals surface area contributed by atoms with Gasteiger partial charge in [0.2, 0.25) is 0 Å². The Labute approximate surface area is 98.4 Å². The van der Waals surface area contributed by atoms with Crippen LogP contribution in [0.15, 0.2) is 0 Å². The summed E-state index contributed by atoms with van der Waals surface area (Å²) in [6, 6.07) is 0.530. The molecule has 1 aromatic rings. The standard InChI is InChI=1S/C12H24N4/c1-6-9(7-2)15(4)12-11(13)10(8-3)14-16(12)5/h9H,6-8,13H2,1-5H3. The summed E-state index contributed by atoms with van der Waals surface area (Å²) in [6.45, 7) is 6.50. The Kier molecular flexibility index (Phi) is 4.21. The molecular formula is C12H24N4. The van der Waals surface area contributed by atoms with Crippen molar-refractivity contribution < 1.29 is 0 Å². The maximum Gasteiger partial charge on any atom is 0.150 e. The van der Waals surface area contributed by atoms with E-state index < -0.39 is 0 Å². The Balaban J connectivity index is 3.07. The van der Waals surface area contributed by atoms with Crippen LogP contribution < -0.4 is 10.6 Å². The third-order valence-electron chi connectivity index (χ3n) is 3.29. The minimum Gasteiger partial charge on any atom is -0.394 e. The van der Waals surface area contributed by atoms with Crippen molar-refractivity contribution in [2.75, 3.05) is 17.7 Å². The minimum absolute atomic E-state index is 0.530. The predicted octanol–water partition coefficient (Wildman–Crippen LogP) is 2.19. The number of nitrogens with zero attached hydrogens (tertiary/aromatic N) is 3. The molecule has 0 fully saturated rings. The van der Waals surface area contributed by atoms with E-state index in [1.165, 1.54) is 0 Å². The highest BCUT2D eigenvalue weighted by molar-refractivity contribution is 5.66. The van der Waals surface area contributed by atoms with E-state index in [9.17, 15) is 0 Å². The van der Waals surface area contributed by atoms with Crippen LogP contribution in [0.4, 0.5) is 11.5 Å². The number of hydrogen-bond donors (Lipinski definition) is 1. The summed E-state index contributed by atoms with van der Waals surface area (Å²) in [5.41, 5.74) is 7.97. The molecule has 0 atom stereocenters. The summed E-state index contributed by atoms with van der Waals surface area (Å²) < 4.78 is 1.90. The second-order valence-electron chi connectivity index (χ2n) is 4.24. The molecule has 1 heterocycles. The molecule has 0 amide bonds. The molecule has 2 N–H and O–H groups in total. The lowest BCUT2D eigenvalue weighted by atomic mass is 10.1. The van der Waals surface area contributed by atoms with Crippen LogP contribution in [0.5, 0.6) is 0 Å². The van der Waals surface area contributed by atoms with Crippen molar-refractivity contribution in [3.8, 4) is 0 Å². The van der Waals surface area contributed by atoms with Gasteiger partial charge in [0.05, 0.1) is 11.4 Å². The highest BCUT2D eigenvalue weighted by atomic mass is 15.4. The summed E-state index contributed by atoms with van der Waals surface area (Å²) in [4.78, 5) is 2.25. The van der Waals surface area contributed by atoms with Gasteiger partial charge in [0.25, 0.3) is 0 Å². The molecule has 1 rings (SSSR count). The van der Waals surface area contributed by atoms with Gasteiger partial charge < -0.3 is 10.6 Å². The molecule has 1 aromatic heterocycles. The Morgan fingerprint density at radius 3 is 2.25 bits per heavy atom. The summed E-state index contributed by atoms with van der Waals surface area (Å²) in [7, 11) is 4.06. The Morgan fingerprint density at radius 2 is 1.88 bits per heavy atom. The van der Waals surface area contributed by atoms with E-state index in [2.05, 4.69) is 37.8 Å². The van der Waals surface area contributed by atoms with E-state index >= 15 is 0 Å². The van der Waals surface area contributed by atoms with Gasteiger partial charge >= 0.3 is 0 Å². The maximum absolute atomic E-state index is 6.14. The fourth-order valence-corrected chi connectivity index (χ4v) is 2.27. The molecule has 0 saturated carbocycles. The third kappa shape index (κ3) is 2.15. The van der Waals surface area contributed by atoms with Gasteiger partial charge in [-0.05, 0) is 19.3 Å². The molecule has 4 heteroatoms. The van der Waals surface area contributed by atoms with Crippen LogP contribution in [0, 0.1) is 0 Å². The Hall–Kier alpha value is -1.19. The van der Waals surface area contributed by atoms with Crippen LogP contribution in [0.2, 0.25) is 0 Å². The third-order valence-corrected chi connectivity index (χ3v) is 3.29. The van der Waals surface area contributed by atoms with Gasteiger partial charge in [-0.1, -0.05) is 20.8 Å². The van der Waals surface area contributed by atoms with E-state index in [-0.39, 0.29) is 0 Å². The summed E-state index contributed by atoms with van der Waals surface area (Å²) >= 11 is 0. The largest absolute Gasteiger partial charge is 0.394 e. The smallest absolute Gasteiger partial charge is 0.150 e. The van der Waals surface area contributed by atoms with Gasteiger partial charge in [-0.25, -0.2) is 0 Å². The molecule has 0 aliphatic heterocycles. The zero-order valence-electron chi connectivity index (χ0n) is 11.1. The van der Waals surface area contributed by atoms with Gasteiger partial charge in [0, 0.05) is 20.1 Å². The average molecular weight is 224 g/mol. The van der Waals surface area contributed by atoms with Crippen molar-refractivity contribution in [3.63, 3.8) is 0 Å². The average Bonchev–Trinajstić information content (AvgIpc) is 2.55. The molecule has 0 aromatic carbocycles. The van der Waals surface area contributed by atoms with E-state index in [1.54, 1.807) is 0 Å². The number of nitrogens with two attached hydrogens (primary N) is 1.